The van der Waals surface area contributed by atoms with Crippen molar-refractivity contribution in [3.63, 3.8) is 0 Å². The second kappa shape index (κ2) is 6.83. The van der Waals surface area contributed by atoms with E-state index in [0.29, 0.717) is 13.2 Å². The molecule has 6 nitrogen and oxygen atoms in total. The molecule has 2 aromatic heterocycles. The molecule has 2 fully saturated rings. The molecule has 2 aromatic rings. The van der Waals surface area contributed by atoms with E-state index < -0.39 is 0 Å². The van der Waals surface area contributed by atoms with Crippen LogP contribution in [0.25, 0.3) is 0 Å². The summed E-state index contributed by atoms with van der Waals surface area (Å²) in [6.07, 6.45) is 12.2. The highest BCUT2D eigenvalue weighted by atomic mass is 16.6. The van der Waals surface area contributed by atoms with E-state index in [2.05, 4.69) is 19.9 Å². The summed E-state index contributed by atoms with van der Waals surface area (Å²) in [5.41, 5.74) is 0.985. The zero-order valence-corrected chi connectivity index (χ0v) is 13.7. The van der Waals surface area contributed by atoms with Crippen LogP contribution in [0.5, 0.6) is 0 Å². The molecule has 4 heterocycles. The molecule has 0 radical (unpaired) electrons. The second-order valence-corrected chi connectivity index (χ2v) is 6.58. The smallest absolute Gasteiger partial charge is 0.147 e. The van der Waals surface area contributed by atoms with E-state index in [-0.39, 0.29) is 11.7 Å². The summed E-state index contributed by atoms with van der Waals surface area (Å²) in [7, 11) is 0. The Morgan fingerprint density at radius 1 is 1.25 bits per heavy atom. The lowest BCUT2D eigenvalue weighted by Gasteiger charge is -2.40. The van der Waals surface area contributed by atoms with Gasteiger partial charge in [0, 0.05) is 44.3 Å². The van der Waals surface area contributed by atoms with Crippen molar-refractivity contribution < 1.29 is 9.47 Å². The number of anilines is 1. The van der Waals surface area contributed by atoms with Gasteiger partial charge in [0.2, 0.25) is 0 Å². The molecule has 1 spiro atoms. The molecule has 0 aromatic carbocycles. The first kappa shape index (κ1) is 15.5. The molecule has 2 atom stereocenters. The normalized spacial score (nSPS) is 26.8. The van der Waals surface area contributed by atoms with Gasteiger partial charge in [-0.15, -0.1) is 0 Å². The third kappa shape index (κ3) is 3.39. The number of aromatic nitrogens is 3. The van der Waals surface area contributed by atoms with Crippen molar-refractivity contribution >= 4 is 5.82 Å². The topological polar surface area (TPSA) is 60.4 Å². The zero-order chi connectivity index (χ0) is 16.2. The Balaban J connectivity index is 1.36. The molecule has 0 aliphatic carbocycles. The molecule has 126 valence electrons. The lowest BCUT2D eigenvalue weighted by atomic mass is 9.89. The Morgan fingerprint density at radius 3 is 3.04 bits per heavy atom. The maximum atomic E-state index is 6.20. The predicted molar refractivity (Wildman–Crippen MR) is 89.6 cm³/mol. The first-order valence-electron chi connectivity index (χ1n) is 8.48. The highest BCUT2D eigenvalue weighted by Crippen LogP contribution is 2.37. The molecule has 0 bridgehead atoms. The minimum Gasteiger partial charge on any atom is -0.371 e. The maximum Gasteiger partial charge on any atom is 0.147 e. The summed E-state index contributed by atoms with van der Waals surface area (Å²) in [6.45, 7) is 3.11. The lowest BCUT2D eigenvalue weighted by Crippen LogP contribution is -2.48. The number of piperidine rings is 1. The molecule has 6 heteroatoms. The van der Waals surface area contributed by atoms with Crippen LogP contribution in [0.2, 0.25) is 0 Å². The highest BCUT2D eigenvalue weighted by molar-refractivity contribution is 5.36. The first-order valence-corrected chi connectivity index (χ1v) is 8.48. The summed E-state index contributed by atoms with van der Waals surface area (Å²) in [6, 6.07) is 3.97. The minimum atomic E-state index is -0.116. The molecule has 0 saturated carbocycles. The Kier molecular flexibility index (Phi) is 4.40. The summed E-state index contributed by atoms with van der Waals surface area (Å²) in [5, 5.41) is 0. The summed E-state index contributed by atoms with van der Waals surface area (Å²) in [4.78, 5) is 15.0. The largest absolute Gasteiger partial charge is 0.371 e. The fourth-order valence-electron chi connectivity index (χ4n) is 3.64. The van der Waals surface area contributed by atoms with Gasteiger partial charge in [-0.1, -0.05) is 6.07 Å². The first-order chi connectivity index (χ1) is 11.8. The van der Waals surface area contributed by atoms with Crippen LogP contribution in [0.4, 0.5) is 5.82 Å². The van der Waals surface area contributed by atoms with Crippen LogP contribution in [0.3, 0.4) is 0 Å². The molecule has 0 unspecified atom stereocenters. The van der Waals surface area contributed by atoms with Gasteiger partial charge in [-0.05, 0) is 24.5 Å². The van der Waals surface area contributed by atoms with Crippen LogP contribution in [0.1, 0.15) is 24.8 Å². The lowest BCUT2D eigenvalue weighted by molar-refractivity contribution is -0.0137. The van der Waals surface area contributed by atoms with Crippen LogP contribution in [0.15, 0.2) is 43.1 Å². The Labute approximate surface area is 141 Å². The van der Waals surface area contributed by atoms with Gasteiger partial charge in [0.25, 0.3) is 0 Å². The highest BCUT2D eigenvalue weighted by Gasteiger charge is 2.44. The van der Waals surface area contributed by atoms with Crippen LogP contribution in [-0.4, -0.2) is 46.4 Å². The van der Waals surface area contributed by atoms with Crippen molar-refractivity contribution in [3.8, 4) is 0 Å². The van der Waals surface area contributed by atoms with E-state index in [0.717, 1.165) is 43.7 Å². The monoisotopic (exact) mass is 326 g/mol. The molecular weight excluding hydrogens is 304 g/mol. The second-order valence-electron chi connectivity index (χ2n) is 6.58. The summed E-state index contributed by atoms with van der Waals surface area (Å²) >= 11 is 0. The summed E-state index contributed by atoms with van der Waals surface area (Å²) < 4.78 is 12.2. The number of hydrogen-bond donors (Lipinski definition) is 0. The molecular formula is C18H22N4O2. The van der Waals surface area contributed by atoms with Crippen molar-refractivity contribution in [1.82, 2.24) is 15.0 Å². The number of ether oxygens (including phenoxy) is 2. The van der Waals surface area contributed by atoms with Crippen LogP contribution >= 0.6 is 0 Å². The van der Waals surface area contributed by atoms with E-state index in [1.165, 1.54) is 0 Å². The van der Waals surface area contributed by atoms with E-state index >= 15 is 0 Å². The summed E-state index contributed by atoms with van der Waals surface area (Å²) in [5.74, 6) is 0.930. The Bertz CT molecular complexity index is 655. The minimum absolute atomic E-state index is 0.116. The Morgan fingerprint density at radius 2 is 2.21 bits per heavy atom. The maximum absolute atomic E-state index is 6.20. The molecule has 2 aliphatic heterocycles. The van der Waals surface area contributed by atoms with E-state index in [1.54, 1.807) is 18.6 Å². The van der Waals surface area contributed by atoms with Crippen LogP contribution in [0, 0.1) is 0 Å². The molecule has 0 amide bonds. The van der Waals surface area contributed by atoms with Crippen molar-refractivity contribution in [2.75, 3.05) is 24.6 Å². The van der Waals surface area contributed by atoms with Gasteiger partial charge in [-0.25, -0.2) is 4.98 Å². The fraction of sp³-hybridized carbons (Fsp3) is 0.500. The zero-order valence-electron chi connectivity index (χ0n) is 13.7. The van der Waals surface area contributed by atoms with Gasteiger partial charge in [0.1, 0.15) is 5.82 Å². The molecule has 24 heavy (non-hydrogen) atoms. The SMILES string of the molecule is c1cncc(CO[C@@H]2CO[C@]3(CCCN(c4cnccn4)C3)C2)c1. The van der Waals surface area contributed by atoms with E-state index in [1.807, 2.05) is 24.5 Å². The third-order valence-corrected chi connectivity index (χ3v) is 4.80. The number of hydrogen-bond acceptors (Lipinski definition) is 6. The predicted octanol–water partition coefficient (Wildman–Crippen LogP) is 2.22. The van der Waals surface area contributed by atoms with Gasteiger partial charge in [0.05, 0.1) is 31.1 Å². The molecule has 4 rings (SSSR count). The van der Waals surface area contributed by atoms with Crippen molar-refractivity contribution in [2.24, 2.45) is 0 Å². The average molecular weight is 326 g/mol. The third-order valence-electron chi connectivity index (χ3n) is 4.80. The number of rotatable bonds is 4. The van der Waals surface area contributed by atoms with Gasteiger partial charge >= 0.3 is 0 Å². The molecule has 0 N–H and O–H groups in total. The van der Waals surface area contributed by atoms with E-state index in [4.69, 9.17) is 9.47 Å². The molecule has 2 aliphatic rings. The number of pyridine rings is 1. The van der Waals surface area contributed by atoms with Gasteiger partial charge in [-0.3, -0.25) is 9.97 Å². The van der Waals surface area contributed by atoms with Gasteiger partial charge < -0.3 is 14.4 Å². The van der Waals surface area contributed by atoms with Crippen molar-refractivity contribution in [3.05, 3.63) is 48.7 Å². The van der Waals surface area contributed by atoms with Crippen molar-refractivity contribution in [1.29, 1.82) is 0 Å². The quantitative estimate of drug-likeness (QED) is 0.858. The van der Waals surface area contributed by atoms with Crippen LogP contribution in [-0.2, 0) is 16.1 Å². The number of nitrogens with zero attached hydrogens (tertiary/aromatic N) is 4. The Hall–Kier alpha value is -2.05. The molecule has 2 saturated heterocycles. The fourth-order valence-corrected chi connectivity index (χ4v) is 3.64. The standard InChI is InChI=1S/C18H22N4O2/c1-3-15(10-19-5-1)12-23-16-9-18(24-13-16)4-2-8-22(14-18)17-11-20-6-7-21-17/h1,3,5-7,10-11,16H,2,4,8-9,12-14H2/t16-,18+/m0/s1. The van der Waals surface area contributed by atoms with Gasteiger partial charge in [-0.2, -0.15) is 0 Å². The van der Waals surface area contributed by atoms with Crippen LogP contribution < -0.4 is 4.90 Å². The van der Waals surface area contributed by atoms with Gasteiger partial charge in [0.15, 0.2) is 0 Å². The average Bonchev–Trinajstić information content (AvgIpc) is 3.04. The van der Waals surface area contributed by atoms with E-state index in [9.17, 15) is 0 Å². The van der Waals surface area contributed by atoms with Crippen molar-refractivity contribution in [2.45, 2.75) is 37.6 Å².